The molecule has 2 aromatic carbocycles. The molecule has 1 atom stereocenters. The number of pyridine rings is 1. The summed E-state index contributed by atoms with van der Waals surface area (Å²) in [4.78, 5) is 27.9. The summed E-state index contributed by atoms with van der Waals surface area (Å²) >= 11 is 0. The van der Waals surface area contributed by atoms with Gasteiger partial charge in [0, 0.05) is 18.1 Å². The highest BCUT2D eigenvalue weighted by atomic mass is 16.2. The molecule has 0 aliphatic heterocycles. The van der Waals surface area contributed by atoms with Crippen LogP contribution in [0, 0.1) is 0 Å². The number of hydrogen-bond acceptors (Lipinski definition) is 5. The van der Waals surface area contributed by atoms with Crippen LogP contribution in [0.15, 0.2) is 58.4 Å². The molecule has 0 spiro atoms. The molecule has 1 aromatic heterocycles. The first kappa shape index (κ1) is 14.6. The van der Waals surface area contributed by atoms with Crippen LogP contribution >= 0.6 is 0 Å². The summed E-state index contributed by atoms with van der Waals surface area (Å²) in [6.07, 6.45) is 6.35. The van der Waals surface area contributed by atoms with E-state index < -0.39 is 10.9 Å². The van der Waals surface area contributed by atoms with E-state index >= 15 is 0 Å². The van der Waals surface area contributed by atoms with Gasteiger partial charge in [0.05, 0.1) is 6.04 Å². The molecule has 0 radical (unpaired) electrons. The molecule has 1 aliphatic rings. The molecule has 0 bridgehead atoms. The second kappa shape index (κ2) is 5.92. The van der Waals surface area contributed by atoms with E-state index in [1.807, 2.05) is 12.1 Å². The van der Waals surface area contributed by atoms with E-state index in [1.165, 1.54) is 11.1 Å². The van der Waals surface area contributed by atoms with E-state index in [1.54, 1.807) is 24.5 Å². The third kappa shape index (κ3) is 2.48. The third-order valence-electron chi connectivity index (χ3n) is 4.55. The minimum atomic E-state index is -0.474. The van der Waals surface area contributed by atoms with Crippen molar-refractivity contribution in [2.24, 2.45) is 0 Å². The van der Waals surface area contributed by atoms with Crippen molar-refractivity contribution < 1.29 is 0 Å². The zero-order chi connectivity index (χ0) is 16.5. The van der Waals surface area contributed by atoms with Crippen LogP contribution in [0.3, 0.4) is 0 Å². The molecule has 120 valence electrons. The van der Waals surface area contributed by atoms with E-state index in [4.69, 9.17) is 0 Å². The zero-order valence-electron chi connectivity index (χ0n) is 13.1. The smallest absolute Gasteiger partial charge is 0.253 e. The topological polar surface area (TPSA) is 71.1 Å². The van der Waals surface area contributed by atoms with Gasteiger partial charge in [-0.3, -0.25) is 14.6 Å². The highest BCUT2D eigenvalue weighted by Crippen LogP contribution is 2.33. The maximum atomic E-state index is 12.0. The second-order valence-electron chi connectivity index (χ2n) is 6.06. The second-order valence-corrected chi connectivity index (χ2v) is 6.06. The van der Waals surface area contributed by atoms with Crippen molar-refractivity contribution in [1.82, 2.24) is 4.98 Å². The SMILES string of the molecule is O=c1c(Nc2ccncc2)c(NC2CCCc3ccccc32)c1=O. The molecule has 0 saturated heterocycles. The molecule has 0 saturated carbocycles. The number of anilines is 3. The summed E-state index contributed by atoms with van der Waals surface area (Å²) in [6, 6.07) is 11.9. The van der Waals surface area contributed by atoms with Gasteiger partial charge in [-0.15, -0.1) is 0 Å². The van der Waals surface area contributed by atoms with Crippen LogP contribution in [0.1, 0.15) is 30.0 Å². The van der Waals surface area contributed by atoms with Crippen molar-refractivity contribution in [1.29, 1.82) is 0 Å². The first-order valence-corrected chi connectivity index (χ1v) is 8.09. The van der Waals surface area contributed by atoms with Gasteiger partial charge in [0.2, 0.25) is 0 Å². The molecular formula is C19H17N3O2. The normalized spacial score (nSPS) is 16.6. The van der Waals surface area contributed by atoms with Gasteiger partial charge in [-0.1, -0.05) is 24.3 Å². The van der Waals surface area contributed by atoms with Gasteiger partial charge in [0.15, 0.2) is 0 Å². The summed E-state index contributed by atoms with van der Waals surface area (Å²) in [7, 11) is 0. The molecule has 5 heteroatoms. The summed E-state index contributed by atoms with van der Waals surface area (Å²) in [5.74, 6) is 0. The molecule has 0 fully saturated rings. The predicted octanol–water partition coefficient (Wildman–Crippen LogP) is 2.91. The molecule has 1 heterocycles. The number of aryl methyl sites for hydroxylation is 1. The van der Waals surface area contributed by atoms with E-state index in [9.17, 15) is 9.59 Å². The zero-order valence-corrected chi connectivity index (χ0v) is 13.1. The Labute approximate surface area is 139 Å². The van der Waals surface area contributed by atoms with E-state index in [2.05, 4.69) is 27.8 Å². The average Bonchev–Trinajstić information content (AvgIpc) is 2.65. The van der Waals surface area contributed by atoms with E-state index in [-0.39, 0.29) is 6.04 Å². The fourth-order valence-electron chi connectivity index (χ4n) is 3.31. The summed E-state index contributed by atoms with van der Waals surface area (Å²) in [6.45, 7) is 0. The van der Waals surface area contributed by atoms with Crippen LogP contribution in [0.5, 0.6) is 0 Å². The van der Waals surface area contributed by atoms with Gasteiger partial charge >= 0.3 is 0 Å². The lowest BCUT2D eigenvalue weighted by Crippen LogP contribution is -2.37. The predicted molar refractivity (Wildman–Crippen MR) is 94.6 cm³/mol. The summed E-state index contributed by atoms with van der Waals surface area (Å²) < 4.78 is 0. The fourth-order valence-corrected chi connectivity index (χ4v) is 3.31. The summed E-state index contributed by atoms with van der Waals surface area (Å²) in [5.41, 5.74) is 3.07. The van der Waals surface area contributed by atoms with Crippen LogP contribution in [-0.2, 0) is 6.42 Å². The van der Waals surface area contributed by atoms with E-state index in [0.717, 1.165) is 24.9 Å². The van der Waals surface area contributed by atoms with Gasteiger partial charge in [-0.2, -0.15) is 0 Å². The van der Waals surface area contributed by atoms with Crippen LogP contribution in [-0.4, -0.2) is 4.98 Å². The molecule has 0 amide bonds. The minimum Gasteiger partial charge on any atom is -0.373 e. The Morgan fingerprint density at radius 3 is 2.54 bits per heavy atom. The first-order valence-electron chi connectivity index (χ1n) is 8.09. The Hall–Kier alpha value is -2.95. The number of aromatic nitrogens is 1. The largest absolute Gasteiger partial charge is 0.373 e. The highest BCUT2D eigenvalue weighted by Gasteiger charge is 2.26. The molecule has 5 nitrogen and oxygen atoms in total. The van der Waals surface area contributed by atoms with Crippen LogP contribution < -0.4 is 21.5 Å². The molecular weight excluding hydrogens is 302 g/mol. The monoisotopic (exact) mass is 319 g/mol. The van der Waals surface area contributed by atoms with Crippen molar-refractivity contribution in [2.75, 3.05) is 10.6 Å². The van der Waals surface area contributed by atoms with Crippen LogP contribution in [0.2, 0.25) is 0 Å². The molecule has 1 aliphatic carbocycles. The van der Waals surface area contributed by atoms with Crippen molar-refractivity contribution in [3.05, 3.63) is 80.4 Å². The number of benzene rings is 1. The Balaban J connectivity index is 1.62. The maximum absolute atomic E-state index is 12.0. The highest BCUT2D eigenvalue weighted by molar-refractivity contribution is 5.79. The van der Waals surface area contributed by atoms with Gasteiger partial charge < -0.3 is 10.6 Å². The lowest BCUT2D eigenvalue weighted by atomic mass is 9.87. The number of fused-ring (bicyclic) bond motifs is 1. The van der Waals surface area contributed by atoms with Crippen molar-refractivity contribution in [2.45, 2.75) is 25.3 Å². The number of rotatable bonds is 4. The average molecular weight is 319 g/mol. The van der Waals surface area contributed by atoms with Crippen molar-refractivity contribution in [3.8, 4) is 0 Å². The van der Waals surface area contributed by atoms with Crippen molar-refractivity contribution in [3.63, 3.8) is 0 Å². The van der Waals surface area contributed by atoms with Gasteiger partial charge in [0.1, 0.15) is 11.4 Å². The van der Waals surface area contributed by atoms with Gasteiger partial charge in [-0.05, 0) is 42.5 Å². The van der Waals surface area contributed by atoms with Crippen LogP contribution in [0.25, 0.3) is 0 Å². The van der Waals surface area contributed by atoms with Crippen LogP contribution in [0.4, 0.5) is 17.1 Å². The minimum absolute atomic E-state index is 0.0660. The quantitative estimate of drug-likeness (QED) is 0.724. The Kier molecular flexibility index (Phi) is 3.61. The maximum Gasteiger partial charge on any atom is 0.253 e. The molecule has 1 unspecified atom stereocenters. The Morgan fingerprint density at radius 1 is 0.958 bits per heavy atom. The molecule has 24 heavy (non-hydrogen) atoms. The molecule has 3 aromatic rings. The van der Waals surface area contributed by atoms with E-state index in [0.29, 0.717) is 11.4 Å². The Morgan fingerprint density at radius 2 is 1.71 bits per heavy atom. The number of nitrogens with zero attached hydrogens (tertiary/aromatic N) is 1. The molecule has 4 rings (SSSR count). The molecule has 2 N–H and O–H groups in total. The number of nitrogens with one attached hydrogen (secondary N) is 2. The first-order chi connectivity index (χ1) is 11.7. The summed E-state index contributed by atoms with van der Waals surface area (Å²) in [5, 5.41) is 6.32. The standard InChI is InChI=1S/C19H17N3O2/c23-18-16(21-13-8-10-20-11-9-13)17(19(18)24)22-15-7-3-5-12-4-1-2-6-14(12)15/h1-2,4,6,8-11,15,22H,3,5,7H2,(H,20,21). The lowest BCUT2D eigenvalue weighted by Gasteiger charge is -2.28. The Bertz CT molecular complexity index is 943. The third-order valence-corrected chi connectivity index (χ3v) is 4.55. The fraction of sp³-hybridized carbons (Fsp3) is 0.211. The number of hydrogen-bond donors (Lipinski definition) is 2. The van der Waals surface area contributed by atoms with Gasteiger partial charge in [0.25, 0.3) is 10.9 Å². The van der Waals surface area contributed by atoms with Gasteiger partial charge in [-0.25, -0.2) is 0 Å². The van der Waals surface area contributed by atoms with Crippen molar-refractivity contribution >= 4 is 17.1 Å². The lowest BCUT2D eigenvalue weighted by molar-refractivity contribution is 0.599.